The van der Waals surface area contributed by atoms with Crippen LogP contribution in [0.15, 0.2) is 47.1 Å². The van der Waals surface area contributed by atoms with Crippen LogP contribution in [-0.2, 0) is 0 Å². The molecule has 0 saturated carbocycles. The number of benzene rings is 1. The number of furan rings is 1. The summed E-state index contributed by atoms with van der Waals surface area (Å²) >= 11 is 0. The van der Waals surface area contributed by atoms with E-state index in [1.165, 1.54) is 12.3 Å². The smallest absolute Gasteiger partial charge is 0.410 e. The zero-order chi connectivity index (χ0) is 20.8. The molecular weight excluding hydrogens is 385 g/mol. The zero-order valence-corrected chi connectivity index (χ0v) is 15.7. The highest BCUT2D eigenvalue weighted by Crippen LogP contribution is 2.43. The van der Waals surface area contributed by atoms with Gasteiger partial charge in [0.15, 0.2) is 11.7 Å². The van der Waals surface area contributed by atoms with Crippen molar-refractivity contribution in [2.75, 3.05) is 10.6 Å². The molecule has 0 saturated heterocycles. The molecule has 0 spiro atoms. The minimum Gasteiger partial charge on any atom is -0.467 e. The van der Waals surface area contributed by atoms with E-state index in [2.05, 4.69) is 15.7 Å². The number of aryl methyl sites for hydroxylation is 2. The van der Waals surface area contributed by atoms with Crippen molar-refractivity contribution >= 4 is 17.4 Å². The van der Waals surface area contributed by atoms with Gasteiger partial charge < -0.3 is 15.1 Å². The first kappa shape index (κ1) is 19.1. The van der Waals surface area contributed by atoms with E-state index >= 15 is 0 Å². The number of rotatable bonds is 3. The van der Waals surface area contributed by atoms with Gasteiger partial charge in [0.2, 0.25) is 0 Å². The Bertz CT molecular complexity index is 1040. The number of hydrogen-bond acceptors (Lipinski definition) is 4. The van der Waals surface area contributed by atoms with Gasteiger partial charge in [0, 0.05) is 18.2 Å². The Labute approximate surface area is 164 Å². The average molecular weight is 404 g/mol. The third-order valence-corrected chi connectivity index (χ3v) is 4.94. The van der Waals surface area contributed by atoms with Crippen molar-refractivity contribution in [1.29, 1.82) is 0 Å². The van der Waals surface area contributed by atoms with Crippen molar-refractivity contribution < 1.29 is 22.4 Å². The van der Waals surface area contributed by atoms with Crippen LogP contribution in [0, 0.1) is 13.8 Å². The molecule has 4 rings (SSSR count). The summed E-state index contributed by atoms with van der Waals surface area (Å²) < 4.78 is 47.1. The molecule has 0 aliphatic carbocycles. The van der Waals surface area contributed by atoms with Gasteiger partial charge in [-0.3, -0.25) is 4.79 Å². The van der Waals surface area contributed by atoms with Crippen molar-refractivity contribution in [2.45, 2.75) is 38.5 Å². The number of anilines is 2. The largest absolute Gasteiger partial charge is 0.467 e. The van der Waals surface area contributed by atoms with Gasteiger partial charge in [0.1, 0.15) is 11.6 Å². The number of nitrogens with one attached hydrogen (secondary N) is 2. The van der Waals surface area contributed by atoms with Crippen molar-refractivity contribution in [3.8, 4) is 0 Å². The summed E-state index contributed by atoms with van der Waals surface area (Å²) in [4.78, 5) is 12.6. The minimum absolute atomic E-state index is 0.0955. The van der Waals surface area contributed by atoms with Crippen LogP contribution < -0.4 is 10.6 Å². The van der Waals surface area contributed by atoms with Crippen molar-refractivity contribution in [3.63, 3.8) is 0 Å². The second-order valence-corrected chi connectivity index (χ2v) is 7.14. The van der Waals surface area contributed by atoms with E-state index in [1.807, 2.05) is 26.0 Å². The van der Waals surface area contributed by atoms with Gasteiger partial charge in [0.25, 0.3) is 5.91 Å². The molecule has 1 amide bonds. The number of halogens is 3. The number of aromatic nitrogens is 2. The van der Waals surface area contributed by atoms with E-state index in [1.54, 1.807) is 18.2 Å². The van der Waals surface area contributed by atoms with E-state index in [0.29, 0.717) is 11.4 Å². The standard InChI is InChI=1S/C20H19F3N4O2/c1-11-5-6-13(12(2)8-11)25-19(28)15-10-18-24-14(16-4-3-7-29-16)9-17(20(21,22)23)27(18)26-15/h3-8,10,14,17,24H,9H2,1-2H3,(H,25,28)/t14-,17+/m1/s1. The maximum Gasteiger partial charge on any atom is 0.410 e. The monoisotopic (exact) mass is 404 g/mol. The SMILES string of the molecule is Cc1ccc(NC(=O)c2cc3n(n2)[C@H](C(F)(F)F)C[C@H](c2ccco2)N3)c(C)c1. The van der Waals surface area contributed by atoms with Crippen LogP contribution in [-0.4, -0.2) is 21.9 Å². The van der Waals surface area contributed by atoms with Crippen LogP contribution in [0.3, 0.4) is 0 Å². The van der Waals surface area contributed by atoms with Crippen molar-refractivity contribution in [3.05, 3.63) is 65.2 Å². The van der Waals surface area contributed by atoms with E-state index in [4.69, 9.17) is 4.42 Å². The van der Waals surface area contributed by atoms with Crippen LogP contribution in [0.25, 0.3) is 0 Å². The molecule has 29 heavy (non-hydrogen) atoms. The molecule has 9 heteroatoms. The molecule has 2 atom stereocenters. The van der Waals surface area contributed by atoms with E-state index in [-0.39, 0.29) is 17.9 Å². The molecule has 0 fully saturated rings. The van der Waals surface area contributed by atoms with E-state index in [9.17, 15) is 18.0 Å². The molecular formula is C20H19F3N4O2. The van der Waals surface area contributed by atoms with Gasteiger partial charge in [-0.1, -0.05) is 17.7 Å². The van der Waals surface area contributed by atoms with E-state index in [0.717, 1.165) is 15.8 Å². The number of fused-ring (bicyclic) bond motifs is 1. The lowest BCUT2D eigenvalue weighted by Crippen LogP contribution is -2.35. The number of hydrogen-bond donors (Lipinski definition) is 2. The van der Waals surface area contributed by atoms with E-state index < -0.39 is 24.2 Å². The first-order valence-corrected chi connectivity index (χ1v) is 9.07. The molecule has 1 aliphatic rings. The lowest BCUT2D eigenvalue weighted by molar-refractivity contribution is -0.174. The zero-order valence-electron chi connectivity index (χ0n) is 15.7. The Morgan fingerprint density at radius 1 is 1.28 bits per heavy atom. The summed E-state index contributed by atoms with van der Waals surface area (Å²) in [6.45, 7) is 3.77. The highest BCUT2D eigenvalue weighted by molar-refractivity contribution is 6.03. The Morgan fingerprint density at radius 2 is 2.07 bits per heavy atom. The van der Waals surface area contributed by atoms with Gasteiger partial charge in [-0.25, -0.2) is 4.68 Å². The minimum atomic E-state index is -4.52. The molecule has 2 N–H and O–H groups in total. The first-order chi connectivity index (χ1) is 13.7. The normalized spacial score (nSPS) is 18.8. The van der Waals surface area contributed by atoms with Gasteiger partial charge >= 0.3 is 6.18 Å². The van der Waals surface area contributed by atoms with Gasteiger partial charge in [-0.15, -0.1) is 0 Å². The number of amides is 1. The Hall–Kier alpha value is -3.23. The molecule has 152 valence electrons. The maximum atomic E-state index is 13.7. The summed E-state index contributed by atoms with van der Waals surface area (Å²) in [6.07, 6.45) is -3.40. The predicted molar refractivity (Wildman–Crippen MR) is 101 cm³/mol. The summed E-state index contributed by atoms with van der Waals surface area (Å²) in [5.41, 5.74) is 2.38. The quantitative estimate of drug-likeness (QED) is 0.644. The third kappa shape index (κ3) is 3.72. The van der Waals surface area contributed by atoms with Gasteiger partial charge in [-0.2, -0.15) is 18.3 Å². The van der Waals surface area contributed by atoms with Crippen LogP contribution >= 0.6 is 0 Å². The molecule has 0 bridgehead atoms. The highest BCUT2D eigenvalue weighted by Gasteiger charge is 2.47. The van der Waals surface area contributed by atoms with Crippen molar-refractivity contribution in [2.24, 2.45) is 0 Å². The second kappa shape index (κ2) is 6.98. The molecule has 3 heterocycles. The lowest BCUT2D eigenvalue weighted by atomic mass is 10.0. The van der Waals surface area contributed by atoms with Crippen LogP contribution in [0.1, 0.15) is 45.9 Å². The third-order valence-electron chi connectivity index (χ3n) is 4.94. The molecule has 1 aliphatic heterocycles. The van der Waals surface area contributed by atoms with Crippen LogP contribution in [0.2, 0.25) is 0 Å². The number of carbonyl (C=O) groups excluding carboxylic acids is 1. The fourth-order valence-electron chi connectivity index (χ4n) is 3.50. The molecule has 1 aromatic carbocycles. The summed E-state index contributed by atoms with van der Waals surface area (Å²) in [5, 5.41) is 9.65. The van der Waals surface area contributed by atoms with Crippen LogP contribution in [0.5, 0.6) is 0 Å². The van der Waals surface area contributed by atoms with Crippen LogP contribution in [0.4, 0.5) is 24.7 Å². The summed E-state index contributed by atoms with van der Waals surface area (Å²) in [6, 6.07) is 7.53. The second-order valence-electron chi connectivity index (χ2n) is 7.14. The number of carbonyl (C=O) groups is 1. The Morgan fingerprint density at radius 3 is 2.72 bits per heavy atom. The number of alkyl halides is 3. The molecule has 3 aromatic rings. The molecule has 0 radical (unpaired) electrons. The first-order valence-electron chi connectivity index (χ1n) is 9.07. The fraction of sp³-hybridized carbons (Fsp3) is 0.300. The molecule has 2 aromatic heterocycles. The maximum absolute atomic E-state index is 13.7. The predicted octanol–water partition coefficient (Wildman–Crippen LogP) is 5.01. The Balaban J connectivity index is 1.64. The summed E-state index contributed by atoms with van der Waals surface area (Å²) in [5.74, 6) is -0.0603. The van der Waals surface area contributed by atoms with Gasteiger partial charge in [-0.05, 0) is 37.6 Å². The summed E-state index contributed by atoms with van der Waals surface area (Å²) in [7, 11) is 0. The highest BCUT2D eigenvalue weighted by atomic mass is 19.4. The fourth-order valence-corrected chi connectivity index (χ4v) is 3.50. The van der Waals surface area contributed by atoms with Crippen molar-refractivity contribution in [1.82, 2.24) is 9.78 Å². The average Bonchev–Trinajstić information content (AvgIpc) is 3.31. The molecule has 0 unspecified atom stereocenters. The Kier molecular flexibility index (Phi) is 4.60. The topological polar surface area (TPSA) is 72.1 Å². The lowest BCUT2D eigenvalue weighted by Gasteiger charge is -2.32. The number of nitrogens with zero attached hydrogens (tertiary/aromatic N) is 2. The van der Waals surface area contributed by atoms with Gasteiger partial charge in [0.05, 0.1) is 12.3 Å². The molecule has 6 nitrogen and oxygen atoms in total.